The number of nitro groups is 1. The topological polar surface area (TPSA) is 61.6 Å². The van der Waals surface area contributed by atoms with Crippen molar-refractivity contribution in [3.8, 4) is 11.5 Å². The Morgan fingerprint density at radius 3 is 2.94 bits per heavy atom. The maximum Gasteiger partial charge on any atom is 0.280 e. The first-order valence-corrected chi connectivity index (χ1v) is 5.37. The summed E-state index contributed by atoms with van der Waals surface area (Å²) in [5.74, 6) is 1.01. The van der Waals surface area contributed by atoms with E-state index in [1.807, 2.05) is 6.92 Å². The van der Waals surface area contributed by atoms with Crippen LogP contribution < -0.4 is 9.47 Å². The van der Waals surface area contributed by atoms with Crippen LogP contribution in [0.15, 0.2) is 18.2 Å². The van der Waals surface area contributed by atoms with Crippen molar-refractivity contribution in [1.29, 1.82) is 0 Å². The average Bonchev–Trinajstić information content (AvgIpc) is 2.29. The summed E-state index contributed by atoms with van der Waals surface area (Å²) in [5, 5.41) is 10.9. The van der Waals surface area contributed by atoms with Gasteiger partial charge in [-0.2, -0.15) is 0 Å². The smallest absolute Gasteiger partial charge is 0.280 e. The van der Waals surface area contributed by atoms with Gasteiger partial charge in [-0.15, -0.1) is 0 Å². The Hall–Kier alpha value is -2.04. The summed E-state index contributed by atoms with van der Waals surface area (Å²) in [4.78, 5) is 10.5. The highest BCUT2D eigenvalue weighted by molar-refractivity contribution is 5.71. The lowest BCUT2D eigenvalue weighted by molar-refractivity contribution is -0.385. The number of benzene rings is 1. The second kappa shape index (κ2) is 4.45. The van der Waals surface area contributed by atoms with E-state index in [2.05, 4.69) is 0 Å². The van der Waals surface area contributed by atoms with E-state index in [-0.39, 0.29) is 11.8 Å². The third-order valence-corrected chi connectivity index (χ3v) is 2.46. The quantitative estimate of drug-likeness (QED) is 0.584. The van der Waals surface area contributed by atoms with Crippen molar-refractivity contribution in [3.63, 3.8) is 0 Å². The molecule has 1 heterocycles. The molecule has 1 atom stereocenters. The van der Waals surface area contributed by atoms with Crippen LogP contribution in [0.25, 0.3) is 6.08 Å². The van der Waals surface area contributed by atoms with Gasteiger partial charge >= 0.3 is 0 Å². The number of ether oxygens (including phenoxy) is 2. The highest BCUT2D eigenvalue weighted by Crippen LogP contribution is 2.40. The summed E-state index contributed by atoms with van der Waals surface area (Å²) in [6.45, 7) is 4.12. The van der Waals surface area contributed by atoms with E-state index in [1.165, 1.54) is 6.07 Å². The molecule has 1 aliphatic heterocycles. The maximum absolute atomic E-state index is 10.9. The molecule has 0 radical (unpaired) electrons. The fraction of sp³-hybridized carbons (Fsp3) is 0.333. The predicted octanol–water partition coefficient (Wildman–Crippen LogP) is 2.79. The van der Waals surface area contributed by atoms with Gasteiger partial charge in [0.1, 0.15) is 12.7 Å². The SMILES string of the molecule is C/C=C/c1c([N+](=O)[O-])ccc2c1OC(C)CO2. The first-order chi connectivity index (χ1) is 8.13. The Morgan fingerprint density at radius 2 is 2.29 bits per heavy atom. The number of fused-ring (bicyclic) bond motifs is 1. The van der Waals surface area contributed by atoms with E-state index < -0.39 is 4.92 Å². The molecule has 5 nitrogen and oxygen atoms in total. The first kappa shape index (κ1) is 11.4. The second-order valence-corrected chi connectivity index (χ2v) is 3.82. The summed E-state index contributed by atoms with van der Waals surface area (Å²) < 4.78 is 11.1. The Bertz CT molecular complexity index is 482. The first-order valence-electron chi connectivity index (χ1n) is 5.37. The monoisotopic (exact) mass is 235 g/mol. The molecule has 0 aromatic heterocycles. The predicted molar refractivity (Wildman–Crippen MR) is 63.4 cm³/mol. The van der Waals surface area contributed by atoms with Crippen LogP contribution in [0.2, 0.25) is 0 Å². The minimum atomic E-state index is -0.418. The zero-order valence-corrected chi connectivity index (χ0v) is 9.67. The molecule has 0 saturated carbocycles. The third-order valence-electron chi connectivity index (χ3n) is 2.46. The Kier molecular flexibility index (Phi) is 2.99. The van der Waals surface area contributed by atoms with Crippen LogP contribution in [0, 0.1) is 10.1 Å². The normalized spacial score (nSPS) is 18.4. The van der Waals surface area contributed by atoms with Crippen LogP contribution in [0.5, 0.6) is 11.5 Å². The minimum absolute atomic E-state index is 0.0274. The van der Waals surface area contributed by atoms with E-state index in [4.69, 9.17) is 9.47 Å². The molecule has 1 aromatic carbocycles. The molecule has 0 amide bonds. The van der Waals surface area contributed by atoms with Gasteiger partial charge in [-0.05, 0) is 26.0 Å². The summed E-state index contributed by atoms with van der Waals surface area (Å²) >= 11 is 0. The Morgan fingerprint density at radius 1 is 1.53 bits per heavy atom. The van der Waals surface area contributed by atoms with Gasteiger partial charge in [0.15, 0.2) is 11.5 Å². The molecule has 0 aliphatic carbocycles. The van der Waals surface area contributed by atoms with E-state index in [9.17, 15) is 10.1 Å². The molecule has 0 spiro atoms. The number of hydrogen-bond acceptors (Lipinski definition) is 4. The zero-order chi connectivity index (χ0) is 12.4. The molecule has 0 fully saturated rings. The van der Waals surface area contributed by atoms with Crippen LogP contribution in [0.3, 0.4) is 0 Å². The van der Waals surface area contributed by atoms with Gasteiger partial charge in [0, 0.05) is 6.07 Å². The van der Waals surface area contributed by atoms with Gasteiger partial charge in [-0.3, -0.25) is 10.1 Å². The highest BCUT2D eigenvalue weighted by atomic mass is 16.6. The summed E-state index contributed by atoms with van der Waals surface area (Å²) in [7, 11) is 0. The minimum Gasteiger partial charge on any atom is -0.486 e. The fourth-order valence-corrected chi connectivity index (χ4v) is 1.73. The van der Waals surface area contributed by atoms with Gasteiger partial charge in [-0.25, -0.2) is 0 Å². The van der Waals surface area contributed by atoms with Crippen LogP contribution in [0.1, 0.15) is 19.4 Å². The van der Waals surface area contributed by atoms with Gasteiger partial charge in [0.25, 0.3) is 5.69 Å². The standard InChI is InChI=1S/C12H13NO4/c1-3-4-9-10(13(14)15)5-6-11-12(9)17-8(2)7-16-11/h3-6,8H,7H2,1-2H3/b4-3+. The lowest BCUT2D eigenvalue weighted by Crippen LogP contribution is -2.26. The molecule has 0 bridgehead atoms. The van der Waals surface area contributed by atoms with Crippen LogP contribution >= 0.6 is 0 Å². The van der Waals surface area contributed by atoms with Crippen molar-refractivity contribution < 1.29 is 14.4 Å². The summed E-state index contributed by atoms with van der Waals surface area (Å²) in [5.41, 5.74) is 0.487. The maximum atomic E-state index is 10.9. The van der Waals surface area contributed by atoms with Gasteiger partial charge in [0.05, 0.1) is 10.5 Å². The van der Waals surface area contributed by atoms with E-state index >= 15 is 0 Å². The van der Waals surface area contributed by atoms with E-state index in [0.29, 0.717) is 23.7 Å². The molecule has 90 valence electrons. The van der Waals surface area contributed by atoms with E-state index in [1.54, 1.807) is 25.1 Å². The molecule has 0 saturated heterocycles. The van der Waals surface area contributed by atoms with Gasteiger partial charge in [-0.1, -0.05) is 6.08 Å². The molecule has 5 heteroatoms. The molecule has 1 aliphatic rings. The van der Waals surface area contributed by atoms with Crippen molar-refractivity contribution in [2.45, 2.75) is 20.0 Å². The molecule has 0 N–H and O–H groups in total. The number of nitrogens with zero attached hydrogens (tertiary/aromatic N) is 1. The molecule has 17 heavy (non-hydrogen) atoms. The van der Waals surface area contributed by atoms with Crippen molar-refractivity contribution in [2.24, 2.45) is 0 Å². The molecular weight excluding hydrogens is 222 g/mol. The van der Waals surface area contributed by atoms with Gasteiger partial charge in [0.2, 0.25) is 0 Å². The van der Waals surface area contributed by atoms with Crippen molar-refractivity contribution in [1.82, 2.24) is 0 Å². The zero-order valence-electron chi connectivity index (χ0n) is 9.67. The summed E-state index contributed by atoms with van der Waals surface area (Å²) in [6.07, 6.45) is 3.30. The van der Waals surface area contributed by atoms with Crippen molar-refractivity contribution >= 4 is 11.8 Å². The lowest BCUT2D eigenvalue weighted by atomic mass is 10.1. The third kappa shape index (κ3) is 2.08. The molecule has 1 aromatic rings. The van der Waals surface area contributed by atoms with Crippen molar-refractivity contribution in [3.05, 3.63) is 33.9 Å². The van der Waals surface area contributed by atoms with Crippen molar-refractivity contribution in [2.75, 3.05) is 6.61 Å². The Balaban J connectivity index is 2.60. The molecule has 2 rings (SSSR count). The lowest BCUT2D eigenvalue weighted by Gasteiger charge is -2.25. The second-order valence-electron chi connectivity index (χ2n) is 3.82. The average molecular weight is 235 g/mol. The number of hydrogen-bond donors (Lipinski definition) is 0. The van der Waals surface area contributed by atoms with Gasteiger partial charge < -0.3 is 9.47 Å². The largest absolute Gasteiger partial charge is 0.486 e. The Labute approximate surface area is 98.8 Å². The van der Waals surface area contributed by atoms with E-state index in [0.717, 1.165) is 0 Å². The molecule has 1 unspecified atom stereocenters. The number of allylic oxidation sites excluding steroid dienone is 1. The van der Waals surface area contributed by atoms with Crippen LogP contribution in [0.4, 0.5) is 5.69 Å². The number of nitro benzene ring substituents is 1. The molecular formula is C12H13NO4. The van der Waals surface area contributed by atoms with Crippen LogP contribution in [-0.2, 0) is 0 Å². The fourth-order valence-electron chi connectivity index (χ4n) is 1.73. The van der Waals surface area contributed by atoms with Crippen LogP contribution in [-0.4, -0.2) is 17.6 Å². The summed E-state index contributed by atoms with van der Waals surface area (Å²) in [6, 6.07) is 3.01. The number of rotatable bonds is 2. The highest BCUT2D eigenvalue weighted by Gasteiger charge is 2.25.